The summed E-state index contributed by atoms with van der Waals surface area (Å²) in [5.41, 5.74) is 2.61. The van der Waals surface area contributed by atoms with Gasteiger partial charge < -0.3 is 5.11 Å². The molecule has 0 saturated heterocycles. The van der Waals surface area contributed by atoms with Crippen LogP contribution < -0.4 is 5.43 Å². The molecule has 21 heavy (non-hydrogen) atoms. The third-order valence-corrected chi connectivity index (χ3v) is 2.52. The molecule has 2 N–H and O–H groups in total. The summed E-state index contributed by atoms with van der Waals surface area (Å²) in [6, 6.07) is 6.82. The maximum Gasteiger partial charge on any atom is 0.311 e. The van der Waals surface area contributed by atoms with Crippen LogP contribution in [0.3, 0.4) is 0 Å². The van der Waals surface area contributed by atoms with E-state index in [-0.39, 0.29) is 0 Å². The summed E-state index contributed by atoms with van der Waals surface area (Å²) in [6.45, 7) is 0. The molecule has 106 valence electrons. The lowest BCUT2D eigenvalue weighted by molar-refractivity contribution is -0.385. The van der Waals surface area contributed by atoms with Gasteiger partial charge in [0.2, 0.25) is 0 Å². The quantitative estimate of drug-likeness (QED) is 0.501. The van der Waals surface area contributed by atoms with Crippen LogP contribution in [0.25, 0.3) is 0 Å². The Bertz CT molecular complexity index is 701. The van der Waals surface area contributed by atoms with Crippen molar-refractivity contribution in [3.8, 4) is 5.75 Å². The lowest BCUT2D eigenvalue weighted by Crippen LogP contribution is -2.17. The SMILES string of the molecule is O=C(NN=Cc1ccc(O)c([N+](=O)[O-])c1)c1ccncc1. The Morgan fingerprint density at radius 2 is 2.05 bits per heavy atom. The number of hydrogen-bond donors (Lipinski definition) is 2. The summed E-state index contributed by atoms with van der Waals surface area (Å²) in [4.78, 5) is 25.4. The van der Waals surface area contributed by atoms with E-state index in [2.05, 4.69) is 15.5 Å². The fourth-order valence-corrected chi connectivity index (χ4v) is 1.50. The number of rotatable bonds is 4. The first kappa shape index (κ1) is 14.1. The van der Waals surface area contributed by atoms with E-state index in [9.17, 15) is 20.0 Å². The normalized spacial score (nSPS) is 10.5. The van der Waals surface area contributed by atoms with Gasteiger partial charge in [0.15, 0.2) is 5.75 Å². The van der Waals surface area contributed by atoms with E-state index in [0.29, 0.717) is 11.1 Å². The molecule has 8 heteroatoms. The molecule has 0 radical (unpaired) electrons. The number of hydrazone groups is 1. The summed E-state index contributed by atoms with van der Waals surface area (Å²) in [5.74, 6) is -0.861. The first-order valence-electron chi connectivity index (χ1n) is 5.79. The van der Waals surface area contributed by atoms with Crippen LogP contribution in [0.4, 0.5) is 5.69 Å². The van der Waals surface area contributed by atoms with Crippen molar-refractivity contribution in [2.45, 2.75) is 0 Å². The number of carbonyl (C=O) groups is 1. The second-order valence-electron chi connectivity index (χ2n) is 3.94. The van der Waals surface area contributed by atoms with Crippen LogP contribution in [-0.2, 0) is 0 Å². The minimum absolute atomic E-state index is 0.370. The van der Waals surface area contributed by atoms with E-state index >= 15 is 0 Å². The highest BCUT2D eigenvalue weighted by Gasteiger charge is 2.12. The van der Waals surface area contributed by atoms with Gasteiger partial charge in [-0.3, -0.25) is 19.9 Å². The molecule has 1 amide bonds. The monoisotopic (exact) mass is 286 g/mol. The summed E-state index contributed by atoms with van der Waals surface area (Å²) in [6.07, 6.45) is 4.19. The summed E-state index contributed by atoms with van der Waals surface area (Å²) < 4.78 is 0. The number of nitro groups is 1. The average Bonchev–Trinajstić information content (AvgIpc) is 2.49. The third kappa shape index (κ3) is 3.60. The lowest BCUT2D eigenvalue weighted by atomic mass is 10.2. The van der Waals surface area contributed by atoms with E-state index in [1.807, 2.05) is 0 Å². The summed E-state index contributed by atoms with van der Waals surface area (Å²) in [7, 11) is 0. The number of amides is 1. The molecule has 0 aliphatic rings. The summed E-state index contributed by atoms with van der Waals surface area (Å²) >= 11 is 0. The summed E-state index contributed by atoms with van der Waals surface area (Å²) in [5, 5.41) is 23.7. The lowest BCUT2D eigenvalue weighted by Gasteiger charge is -1.99. The van der Waals surface area contributed by atoms with Crippen LogP contribution in [0.2, 0.25) is 0 Å². The van der Waals surface area contributed by atoms with Crippen molar-refractivity contribution in [2.24, 2.45) is 5.10 Å². The number of nitrogens with one attached hydrogen (secondary N) is 1. The molecule has 0 aliphatic heterocycles. The molecular weight excluding hydrogens is 276 g/mol. The largest absolute Gasteiger partial charge is 0.502 e. The third-order valence-electron chi connectivity index (χ3n) is 2.52. The molecule has 0 aliphatic carbocycles. The minimum atomic E-state index is -0.706. The van der Waals surface area contributed by atoms with E-state index in [1.54, 1.807) is 0 Å². The molecule has 2 rings (SSSR count). The van der Waals surface area contributed by atoms with Crippen molar-refractivity contribution in [2.75, 3.05) is 0 Å². The van der Waals surface area contributed by atoms with Gasteiger partial charge in [0.05, 0.1) is 11.1 Å². The predicted octanol–water partition coefficient (Wildman–Crippen LogP) is 1.46. The highest BCUT2D eigenvalue weighted by molar-refractivity contribution is 5.94. The van der Waals surface area contributed by atoms with Crippen molar-refractivity contribution in [1.29, 1.82) is 0 Å². The topological polar surface area (TPSA) is 118 Å². The molecule has 0 bridgehead atoms. The smallest absolute Gasteiger partial charge is 0.311 e. The van der Waals surface area contributed by atoms with Crippen LogP contribution in [-0.4, -0.2) is 27.1 Å². The maximum absolute atomic E-state index is 11.7. The molecule has 0 unspecified atom stereocenters. The van der Waals surface area contributed by atoms with Gasteiger partial charge in [0.25, 0.3) is 5.91 Å². The van der Waals surface area contributed by atoms with E-state index in [1.165, 1.54) is 42.9 Å². The van der Waals surface area contributed by atoms with Crippen molar-refractivity contribution >= 4 is 17.8 Å². The molecule has 0 saturated carbocycles. The molecule has 2 aromatic rings. The van der Waals surface area contributed by atoms with Gasteiger partial charge in [-0.15, -0.1) is 0 Å². The Hall–Kier alpha value is -3.29. The number of benzene rings is 1. The van der Waals surface area contributed by atoms with Crippen molar-refractivity contribution in [3.63, 3.8) is 0 Å². The molecule has 0 atom stereocenters. The van der Waals surface area contributed by atoms with Crippen molar-refractivity contribution in [1.82, 2.24) is 10.4 Å². The predicted molar refractivity (Wildman–Crippen MR) is 74.1 cm³/mol. The van der Waals surface area contributed by atoms with E-state index in [0.717, 1.165) is 6.07 Å². The number of pyridine rings is 1. The van der Waals surface area contributed by atoms with Crippen LogP contribution in [0.15, 0.2) is 47.8 Å². The first-order valence-corrected chi connectivity index (χ1v) is 5.79. The molecule has 1 heterocycles. The zero-order valence-corrected chi connectivity index (χ0v) is 10.6. The maximum atomic E-state index is 11.7. The van der Waals surface area contributed by atoms with Crippen LogP contribution >= 0.6 is 0 Å². The van der Waals surface area contributed by atoms with Crippen LogP contribution in [0.5, 0.6) is 5.75 Å². The number of aromatic nitrogens is 1. The zero-order chi connectivity index (χ0) is 15.2. The van der Waals surface area contributed by atoms with Crippen molar-refractivity contribution < 1.29 is 14.8 Å². The number of aromatic hydroxyl groups is 1. The van der Waals surface area contributed by atoms with E-state index in [4.69, 9.17) is 0 Å². The standard InChI is InChI=1S/C13H10N4O4/c18-12-2-1-9(7-11(12)17(20)21)8-15-16-13(19)10-3-5-14-6-4-10/h1-8,18H,(H,16,19). The fraction of sp³-hybridized carbons (Fsp3) is 0. The number of carbonyl (C=O) groups excluding carboxylic acids is 1. The Balaban J connectivity index is 2.07. The van der Waals surface area contributed by atoms with Crippen molar-refractivity contribution in [3.05, 3.63) is 64.0 Å². The van der Waals surface area contributed by atoms with Crippen LogP contribution in [0, 0.1) is 10.1 Å². The molecule has 0 spiro atoms. The second kappa shape index (κ2) is 6.24. The van der Waals surface area contributed by atoms with Gasteiger partial charge in [0, 0.05) is 29.6 Å². The van der Waals surface area contributed by atoms with Gasteiger partial charge in [-0.05, 0) is 24.3 Å². The number of hydrogen-bond acceptors (Lipinski definition) is 6. The molecule has 8 nitrogen and oxygen atoms in total. The Morgan fingerprint density at radius 3 is 2.71 bits per heavy atom. The second-order valence-corrected chi connectivity index (χ2v) is 3.94. The van der Waals surface area contributed by atoms with Crippen LogP contribution in [0.1, 0.15) is 15.9 Å². The van der Waals surface area contributed by atoms with Gasteiger partial charge in [-0.2, -0.15) is 5.10 Å². The average molecular weight is 286 g/mol. The molecule has 0 fully saturated rings. The minimum Gasteiger partial charge on any atom is -0.502 e. The Labute approximate surface area is 118 Å². The van der Waals surface area contributed by atoms with Gasteiger partial charge >= 0.3 is 5.69 Å². The molecular formula is C13H10N4O4. The first-order chi connectivity index (χ1) is 10.1. The highest BCUT2D eigenvalue weighted by atomic mass is 16.6. The molecule has 1 aromatic carbocycles. The van der Waals surface area contributed by atoms with Gasteiger partial charge in [0.1, 0.15) is 0 Å². The van der Waals surface area contributed by atoms with Gasteiger partial charge in [-0.1, -0.05) is 0 Å². The number of phenols is 1. The van der Waals surface area contributed by atoms with Gasteiger partial charge in [-0.25, -0.2) is 5.43 Å². The number of nitrogens with zero attached hydrogens (tertiary/aromatic N) is 3. The van der Waals surface area contributed by atoms with E-state index < -0.39 is 22.3 Å². The number of nitro benzene ring substituents is 1. The Kier molecular flexibility index (Phi) is 4.20. The highest BCUT2D eigenvalue weighted by Crippen LogP contribution is 2.25. The molecule has 1 aromatic heterocycles. The number of phenolic OH excluding ortho intramolecular Hbond substituents is 1. The fourth-order valence-electron chi connectivity index (χ4n) is 1.50. The Morgan fingerprint density at radius 1 is 1.33 bits per heavy atom. The zero-order valence-electron chi connectivity index (χ0n) is 10.6.